The minimum absolute atomic E-state index is 0.176. The highest BCUT2D eigenvalue weighted by Crippen LogP contribution is 2.26. The normalized spacial score (nSPS) is 10.0. The number of hydrogen-bond acceptors (Lipinski definition) is 3. The second-order valence-electron chi connectivity index (χ2n) is 3.78. The highest BCUT2D eigenvalue weighted by atomic mass is 19.1. The molecule has 0 unspecified atom stereocenters. The molecule has 0 amide bonds. The molecule has 0 spiro atoms. The molecular weight excluding hydrogens is 255 g/mol. The van der Waals surface area contributed by atoms with Crippen molar-refractivity contribution in [1.29, 1.82) is 5.26 Å². The lowest BCUT2D eigenvalue weighted by atomic mass is 10.1. The summed E-state index contributed by atoms with van der Waals surface area (Å²) in [6, 6.07) is 7.22. The average molecular weight is 263 g/mol. The Labute approximate surface area is 107 Å². The second-order valence-corrected chi connectivity index (χ2v) is 3.78. The molecule has 0 aromatic heterocycles. The van der Waals surface area contributed by atoms with Crippen LogP contribution in [0.5, 0.6) is 0 Å². The van der Waals surface area contributed by atoms with Crippen molar-refractivity contribution < 1.29 is 13.2 Å². The lowest BCUT2D eigenvalue weighted by Gasteiger charge is -2.10. The largest absolute Gasteiger partial charge is 0.398 e. The quantitative estimate of drug-likeness (QED) is 0.817. The molecule has 19 heavy (non-hydrogen) atoms. The van der Waals surface area contributed by atoms with Gasteiger partial charge in [0.05, 0.1) is 11.3 Å². The van der Waals surface area contributed by atoms with Crippen LogP contribution >= 0.6 is 0 Å². The van der Waals surface area contributed by atoms with E-state index in [4.69, 9.17) is 11.0 Å². The van der Waals surface area contributed by atoms with Gasteiger partial charge < -0.3 is 11.1 Å². The zero-order valence-electron chi connectivity index (χ0n) is 9.55. The van der Waals surface area contributed by atoms with Gasteiger partial charge >= 0.3 is 0 Å². The summed E-state index contributed by atoms with van der Waals surface area (Å²) >= 11 is 0. The van der Waals surface area contributed by atoms with Crippen molar-refractivity contribution in [2.75, 3.05) is 11.1 Å². The molecule has 3 nitrogen and oxygen atoms in total. The Morgan fingerprint density at radius 1 is 1.05 bits per heavy atom. The number of hydrogen-bond donors (Lipinski definition) is 2. The molecule has 0 saturated carbocycles. The molecule has 0 heterocycles. The maximum absolute atomic E-state index is 13.4. The smallest absolute Gasteiger partial charge is 0.152 e. The Bertz CT molecular complexity index is 654. The number of nitrogens with zero attached hydrogens (tertiary/aromatic N) is 1. The van der Waals surface area contributed by atoms with Crippen LogP contribution in [-0.2, 0) is 0 Å². The summed E-state index contributed by atoms with van der Waals surface area (Å²) in [5.41, 5.74) is 5.82. The van der Waals surface area contributed by atoms with E-state index in [-0.39, 0.29) is 11.3 Å². The van der Waals surface area contributed by atoms with Crippen LogP contribution in [0.2, 0.25) is 0 Å². The highest BCUT2D eigenvalue weighted by molar-refractivity contribution is 5.68. The van der Waals surface area contributed by atoms with Gasteiger partial charge in [-0.15, -0.1) is 0 Å². The molecule has 0 radical (unpaired) electrons. The summed E-state index contributed by atoms with van der Waals surface area (Å²) in [5, 5.41) is 11.2. The van der Waals surface area contributed by atoms with Crippen molar-refractivity contribution in [3.8, 4) is 6.07 Å². The predicted octanol–water partition coefficient (Wildman–Crippen LogP) is 3.30. The standard InChI is InChI=1S/C13H8F3N3/c14-8-3-10(15)13(11(16)4-8)19-9-2-1-7(6-17)12(18)5-9/h1-5,19H,18H2. The van der Waals surface area contributed by atoms with E-state index in [0.717, 1.165) is 0 Å². The Kier molecular flexibility index (Phi) is 3.29. The summed E-state index contributed by atoms with van der Waals surface area (Å²) in [5.74, 6) is -3.11. The lowest BCUT2D eigenvalue weighted by molar-refractivity contribution is 0.549. The van der Waals surface area contributed by atoms with E-state index in [1.807, 2.05) is 6.07 Å². The van der Waals surface area contributed by atoms with Crippen molar-refractivity contribution in [3.05, 3.63) is 53.3 Å². The molecule has 6 heteroatoms. The molecule has 2 aromatic rings. The van der Waals surface area contributed by atoms with Gasteiger partial charge in [-0.25, -0.2) is 13.2 Å². The second kappa shape index (κ2) is 4.90. The third-order valence-corrected chi connectivity index (χ3v) is 2.45. The third-order valence-electron chi connectivity index (χ3n) is 2.45. The predicted molar refractivity (Wildman–Crippen MR) is 65.2 cm³/mol. The Morgan fingerprint density at radius 3 is 2.21 bits per heavy atom. The van der Waals surface area contributed by atoms with E-state index in [9.17, 15) is 13.2 Å². The lowest BCUT2D eigenvalue weighted by Crippen LogP contribution is -2.00. The van der Waals surface area contributed by atoms with E-state index < -0.39 is 23.1 Å². The number of nitrogen functional groups attached to an aromatic ring is 1. The van der Waals surface area contributed by atoms with Crippen LogP contribution in [0.4, 0.5) is 30.2 Å². The van der Waals surface area contributed by atoms with Gasteiger partial charge in [0.15, 0.2) is 11.6 Å². The molecule has 0 aliphatic carbocycles. The fourth-order valence-electron chi connectivity index (χ4n) is 1.55. The first-order valence-corrected chi connectivity index (χ1v) is 5.22. The zero-order valence-corrected chi connectivity index (χ0v) is 9.55. The van der Waals surface area contributed by atoms with Gasteiger partial charge in [0.1, 0.15) is 17.6 Å². The molecule has 0 aliphatic rings. The maximum Gasteiger partial charge on any atom is 0.152 e. The molecule has 96 valence electrons. The minimum atomic E-state index is -1.06. The van der Waals surface area contributed by atoms with Crippen LogP contribution in [-0.4, -0.2) is 0 Å². The molecular formula is C13H8F3N3. The first kappa shape index (κ1) is 12.8. The molecule has 0 atom stereocenters. The van der Waals surface area contributed by atoms with Gasteiger partial charge in [0.25, 0.3) is 0 Å². The summed E-state index contributed by atoms with van der Waals surface area (Å²) in [4.78, 5) is 0. The van der Waals surface area contributed by atoms with E-state index in [1.54, 1.807) is 0 Å². The van der Waals surface area contributed by atoms with Gasteiger partial charge in [-0.2, -0.15) is 5.26 Å². The van der Waals surface area contributed by atoms with Crippen LogP contribution in [0.15, 0.2) is 30.3 Å². The summed E-state index contributed by atoms with van der Waals surface area (Å²) in [6.45, 7) is 0. The van der Waals surface area contributed by atoms with Crippen LogP contribution in [0.3, 0.4) is 0 Å². The van der Waals surface area contributed by atoms with E-state index >= 15 is 0 Å². The van der Waals surface area contributed by atoms with Gasteiger partial charge in [-0.3, -0.25) is 0 Å². The number of halogens is 3. The molecule has 0 fully saturated rings. The monoisotopic (exact) mass is 263 g/mol. The zero-order chi connectivity index (χ0) is 14.0. The first-order valence-electron chi connectivity index (χ1n) is 5.22. The Morgan fingerprint density at radius 2 is 1.68 bits per heavy atom. The van der Waals surface area contributed by atoms with Crippen molar-refractivity contribution in [2.24, 2.45) is 0 Å². The molecule has 0 bridgehead atoms. The minimum Gasteiger partial charge on any atom is -0.398 e. The summed E-state index contributed by atoms with van der Waals surface area (Å²) < 4.78 is 39.6. The summed E-state index contributed by atoms with van der Waals surface area (Å²) in [7, 11) is 0. The van der Waals surface area contributed by atoms with Crippen LogP contribution in [0.1, 0.15) is 5.56 Å². The van der Waals surface area contributed by atoms with E-state index in [2.05, 4.69) is 5.32 Å². The summed E-state index contributed by atoms with van der Waals surface area (Å²) in [6.07, 6.45) is 0. The van der Waals surface area contributed by atoms with Gasteiger partial charge in [-0.05, 0) is 18.2 Å². The number of nitrogens with two attached hydrogens (primary N) is 1. The topological polar surface area (TPSA) is 61.8 Å². The number of benzene rings is 2. The van der Waals surface area contributed by atoms with Gasteiger partial charge in [0.2, 0.25) is 0 Å². The Balaban J connectivity index is 2.37. The average Bonchev–Trinajstić information content (AvgIpc) is 2.34. The fourth-order valence-corrected chi connectivity index (χ4v) is 1.55. The van der Waals surface area contributed by atoms with Gasteiger partial charge in [0, 0.05) is 17.8 Å². The van der Waals surface area contributed by atoms with E-state index in [0.29, 0.717) is 17.8 Å². The molecule has 3 N–H and O–H groups in total. The van der Waals surface area contributed by atoms with E-state index in [1.165, 1.54) is 18.2 Å². The molecule has 0 saturated heterocycles. The SMILES string of the molecule is N#Cc1ccc(Nc2c(F)cc(F)cc2F)cc1N. The molecule has 2 rings (SSSR count). The Hall–Kier alpha value is -2.68. The fraction of sp³-hybridized carbons (Fsp3) is 0. The highest BCUT2D eigenvalue weighted by Gasteiger charge is 2.12. The van der Waals surface area contributed by atoms with Crippen molar-refractivity contribution in [2.45, 2.75) is 0 Å². The first-order chi connectivity index (χ1) is 9.01. The number of rotatable bonds is 2. The third kappa shape index (κ3) is 2.60. The number of nitriles is 1. The molecule has 0 aliphatic heterocycles. The van der Waals surface area contributed by atoms with Crippen LogP contribution in [0.25, 0.3) is 0 Å². The van der Waals surface area contributed by atoms with Crippen LogP contribution in [0, 0.1) is 28.8 Å². The van der Waals surface area contributed by atoms with Gasteiger partial charge in [-0.1, -0.05) is 0 Å². The number of anilines is 3. The van der Waals surface area contributed by atoms with Crippen LogP contribution < -0.4 is 11.1 Å². The maximum atomic E-state index is 13.4. The molecule has 2 aromatic carbocycles. The van der Waals surface area contributed by atoms with Crippen molar-refractivity contribution in [3.63, 3.8) is 0 Å². The van der Waals surface area contributed by atoms with Crippen molar-refractivity contribution in [1.82, 2.24) is 0 Å². The number of nitrogens with one attached hydrogen (secondary N) is 1. The van der Waals surface area contributed by atoms with Crippen molar-refractivity contribution >= 4 is 17.1 Å².